The second-order valence-corrected chi connectivity index (χ2v) is 3.98. The summed E-state index contributed by atoms with van der Waals surface area (Å²) in [5.74, 6) is -0.0816. The maximum atomic E-state index is 11.7. The van der Waals surface area contributed by atoms with E-state index >= 15 is 0 Å². The molecule has 4 heteroatoms. The highest BCUT2D eigenvalue weighted by Crippen LogP contribution is 2.17. The van der Waals surface area contributed by atoms with Gasteiger partial charge < -0.3 is 9.47 Å². The summed E-state index contributed by atoms with van der Waals surface area (Å²) in [6, 6.07) is 3.33. The Kier molecular flexibility index (Phi) is 4.28. The van der Waals surface area contributed by atoms with Gasteiger partial charge in [-0.05, 0) is 39.8 Å². The Morgan fingerprint density at radius 3 is 2.50 bits per heavy atom. The van der Waals surface area contributed by atoms with Gasteiger partial charge in [0.25, 0.3) is 0 Å². The third kappa shape index (κ3) is 3.53. The second kappa shape index (κ2) is 5.49. The summed E-state index contributed by atoms with van der Waals surface area (Å²) >= 11 is 0. The molecule has 0 amide bonds. The zero-order chi connectivity index (χ0) is 12.1. The molecule has 4 nitrogen and oxygen atoms in total. The number of carbonyl (C=O) groups is 1. The molecular formula is C12H17NO3. The number of nitrogens with zero attached hydrogens (tertiary/aromatic N) is 1. The summed E-state index contributed by atoms with van der Waals surface area (Å²) in [6.45, 7) is 7.37. The van der Waals surface area contributed by atoms with E-state index in [-0.39, 0.29) is 12.2 Å². The highest BCUT2D eigenvalue weighted by Gasteiger charge is 2.16. The smallest absolute Gasteiger partial charge is 0.343 e. The normalized spacial score (nSPS) is 10.6. The van der Waals surface area contributed by atoms with E-state index in [9.17, 15) is 4.79 Å². The first kappa shape index (κ1) is 12.5. The lowest BCUT2D eigenvalue weighted by atomic mass is 10.2. The zero-order valence-electron chi connectivity index (χ0n) is 10.1. The monoisotopic (exact) mass is 223 g/mol. The van der Waals surface area contributed by atoms with E-state index in [0.717, 1.165) is 0 Å². The molecule has 0 aliphatic heterocycles. The van der Waals surface area contributed by atoms with Crippen molar-refractivity contribution in [1.82, 2.24) is 4.98 Å². The Morgan fingerprint density at radius 2 is 1.94 bits per heavy atom. The minimum atomic E-state index is -0.404. The van der Waals surface area contributed by atoms with Crippen LogP contribution in [0.5, 0.6) is 5.88 Å². The molecule has 0 spiro atoms. The van der Waals surface area contributed by atoms with Crippen LogP contribution in [0.3, 0.4) is 0 Å². The second-order valence-electron chi connectivity index (χ2n) is 3.98. The molecule has 0 aromatic carbocycles. The van der Waals surface area contributed by atoms with E-state index in [0.29, 0.717) is 11.4 Å². The van der Waals surface area contributed by atoms with Gasteiger partial charge in [-0.15, -0.1) is 0 Å². The third-order valence-corrected chi connectivity index (χ3v) is 1.68. The van der Waals surface area contributed by atoms with Gasteiger partial charge in [0.1, 0.15) is 5.56 Å². The van der Waals surface area contributed by atoms with Gasteiger partial charge in [0, 0.05) is 6.20 Å². The molecule has 0 atom stereocenters. The van der Waals surface area contributed by atoms with E-state index in [1.165, 1.54) is 0 Å². The third-order valence-electron chi connectivity index (χ3n) is 1.68. The summed E-state index contributed by atoms with van der Waals surface area (Å²) in [6.07, 6.45) is 1.41. The molecule has 1 aromatic heterocycles. The number of pyridine rings is 1. The van der Waals surface area contributed by atoms with Gasteiger partial charge in [0.15, 0.2) is 0 Å². The SMILES string of the molecule is CC(C)OC(=O)c1cccnc1OC(C)C. The maximum absolute atomic E-state index is 11.7. The molecule has 0 N–H and O–H groups in total. The molecule has 0 unspecified atom stereocenters. The summed E-state index contributed by atoms with van der Waals surface area (Å²) in [5.41, 5.74) is 0.366. The van der Waals surface area contributed by atoms with Gasteiger partial charge >= 0.3 is 5.97 Å². The van der Waals surface area contributed by atoms with Crippen LogP contribution in [0, 0.1) is 0 Å². The Hall–Kier alpha value is -1.58. The number of carbonyl (C=O) groups excluding carboxylic acids is 1. The van der Waals surface area contributed by atoms with E-state index in [4.69, 9.17) is 9.47 Å². The molecule has 1 heterocycles. The van der Waals surface area contributed by atoms with Gasteiger partial charge in [0.05, 0.1) is 12.2 Å². The molecule has 0 radical (unpaired) electrons. The minimum absolute atomic E-state index is 0.0273. The fourth-order valence-corrected chi connectivity index (χ4v) is 1.14. The van der Waals surface area contributed by atoms with Crippen LogP contribution < -0.4 is 4.74 Å². The maximum Gasteiger partial charge on any atom is 0.343 e. The summed E-state index contributed by atoms with van der Waals surface area (Å²) in [4.78, 5) is 15.7. The standard InChI is InChI=1S/C12H17NO3/c1-8(2)15-11-10(6-5-7-13-11)12(14)16-9(3)4/h5-9H,1-4H3. The van der Waals surface area contributed by atoms with Crippen molar-refractivity contribution in [3.8, 4) is 5.88 Å². The van der Waals surface area contributed by atoms with Crippen LogP contribution in [0.15, 0.2) is 18.3 Å². The first-order valence-corrected chi connectivity index (χ1v) is 5.33. The molecule has 0 fully saturated rings. The molecular weight excluding hydrogens is 206 g/mol. The Balaban J connectivity index is 2.89. The largest absolute Gasteiger partial charge is 0.474 e. The van der Waals surface area contributed by atoms with Gasteiger partial charge in [-0.3, -0.25) is 0 Å². The zero-order valence-corrected chi connectivity index (χ0v) is 10.1. The van der Waals surface area contributed by atoms with Crippen molar-refractivity contribution in [1.29, 1.82) is 0 Å². The Morgan fingerprint density at radius 1 is 1.25 bits per heavy atom. The Bertz CT molecular complexity index is 361. The number of ether oxygens (including phenoxy) is 2. The van der Waals surface area contributed by atoms with Crippen molar-refractivity contribution >= 4 is 5.97 Å². The van der Waals surface area contributed by atoms with Crippen LogP contribution in [0.4, 0.5) is 0 Å². The molecule has 1 aromatic rings. The number of esters is 1. The summed E-state index contributed by atoms with van der Waals surface area (Å²) < 4.78 is 10.5. The quantitative estimate of drug-likeness (QED) is 0.735. The van der Waals surface area contributed by atoms with Crippen LogP contribution in [-0.2, 0) is 4.74 Å². The lowest BCUT2D eigenvalue weighted by molar-refractivity contribution is 0.0371. The number of aromatic nitrogens is 1. The average Bonchev–Trinajstić information content (AvgIpc) is 2.16. The van der Waals surface area contributed by atoms with Crippen molar-refractivity contribution in [3.05, 3.63) is 23.9 Å². The topological polar surface area (TPSA) is 48.4 Å². The lowest BCUT2D eigenvalue weighted by Gasteiger charge is -2.13. The Labute approximate surface area is 95.6 Å². The number of hydrogen-bond donors (Lipinski definition) is 0. The van der Waals surface area contributed by atoms with Gasteiger partial charge in [-0.2, -0.15) is 0 Å². The summed E-state index contributed by atoms with van der Waals surface area (Å²) in [5, 5.41) is 0. The van der Waals surface area contributed by atoms with Crippen molar-refractivity contribution in [2.24, 2.45) is 0 Å². The predicted molar refractivity (Wildman–Crippen MR) is 60.6 cm³/mol. The van der Waals surface area contributed by atoms with Crippen molar-refractivity contribution in [2.45, 2.75) is 39.9 Å². The van der Waals surface area contributed by atoms with Crippen LogP contribution in [0.25, 0.3) is 0 Å². The van der Waals surface area contributed by atoms with Crippen LogP contribution >= 0.6 is 0 Å². The van der Waals surface area contributed by atoms with E-state index < -0.39 is 5.97 Å². The molecule has 16 heavy (non-hydrogen) atoms. The first-order valence-electron chi connectivity index (χ1n) is 5.33. The lowest BCUT2D eigenvalue weighted by Crippen LogP contribution is -2.15. The van der Waals surface area contributed by atoms with Crippen molar-refractivity contribution in [2.75, 3.05) is 0 Å². The highest BCUT2D eigenvalue weighted by molar-refractivity contribution is 5.91. The molecule has 88 valence electrons. The van der Waals surface area contributed by atoms with E-state index in [1.807, 2.05) is 13.8 Å². The molecule has 0 aliphatic rings. The molecule has 0 saturated heterocycles. The molecule has 0 saturated carbocycles. The van der Waals surface area contributed by atoms with E-state index in [2.05, 4.69) is 4.98 Å². The van der Waals surface area contributed by atoms with Crippen LogP contribution in [0.1, 0.15) is 38.1 Å². The van der Waals surface area contributed by atoms with Crippen LogP contribution in [-0.4, -0.2) is 23.2 Å². The fourth-order valence-electron chi connectivity index (χ4n) is 1.14. The molecule has 0 aliphatic carbocycles. The fraction of sp³-hybridized carbons (Fsp3) is 0.500. The summed E-state index contributed by atoms with van der Waals surface area (Å²) in [7, 11) is 0. The van der Waals surface area contributed by atoms with Crippen molar-refractivity contribution < 1.29 is 14.3 Å². The van der Waals surface area contributed by atoms with Crippen molar-refractivity contribution in [3.63, 3.8) is 0 Å². The minimum Gasteiger partial charge on any atom is -0.474 e. The van der Waals surface area contributed by atoms with Crippen LogP contribution in [0.2, 0.25) is 0 Å². The highest BCUT2D eigenvalue weighted by atomic mass is 16.5. The number of rotatable bonds is 4. The van der Waals surface area contributed by atoms with Gasteiger partial charge in [-0.1, -0.05) is 0 Å². The molecule has 1 rings (SSSR count). The first-order chi connectivity index (χ1) is 7.50. The number of hydrogen-bond acceptors (Lipinski definition) is 4. The van der Waals surface area contributed by atoms with Gasteiger partial charge in [-0.25, -0.2) is 9.78 Å². The predicted octanol–water partition coefficient (Wildman–Crippen LogP) is 2.43. The van der Waals surface area contributed by atoms with Gasteiger partial charge in [0.2, 0.25) is 5.88 Å². The van der Waals surface area contributed by atoms with E-state index in [1.54, 1.807) is 32.2 Å². The molecule has 0 bridgehead atoms. The average molecular weight is 223 g/mol.